The van der Waals surface area contributed by atoms with Crippen molar-refractivity contribution in [2.45, 2.75) is 46.2 Å². The smallest absolute Gasteiger partial charge is 0.174 e. The molecule has 2 aliphatic rings. The second-order valence-corrected chi connectivity index (χ2v) is 12.0. The van der Waals surface area contributed by atoms with Gasteiger partial charge in [0, 0.05) is 45.5 Å². The Morgan fingerprint density at radius 2 is 1.83 bits per heavy atom. The molecule has 5 rings (SSSR count). The average molecular weight is 620 g/mol. The third-order valence-corrected chi connectivity index (χ3v) is 9.16. The summed E-state index contributed by atoms with van der Waals surface area (Å²) in [7, 11) is 0. The van der Waals surface area contributed by atoms with Crippen molar-refractivity contribution in [1.29, 1.82) is 0 Å². The van der Waals surface area contributed by atoms with E-state index in [0.29, 0.717) is 16.9 Å². The number of halogens is 2. The van der Waals surface area contributed by atoms with E-state index in [4.69, 9.17) is 23.8 Å². The number of hydrogen-bond acceptors (Lipinski definition) is 3. The quantitative estimate of drug-likeness (QED) is 0.245. The maximum atomic E-state index is 6.95. The maximum Gasteiger partial charge on any atom is 0.174 e. The first-order chi connectivity index (χ1) is 16.7. The fourth-order valence-electron chi connectivity index (χ4n) is 5.81. The Balaban J connectivity index is 1.57. The van der Waals surface area contributed by atoms with Crippen molar-refractivity contribution in [3.05, 3.63) is 73.8 Å². The molecule has 2 fully saturated rings. The van der Waals surface area contributed by atoms with E-state index in [1.54, 1.807) is 0 Å². The second-order valence-electron chi connectivity index (χ2n) is 10.1. The number of benzene rings is 1. The summed E-state index contributed by atoms with van der Waals surface area (Å²) in [6.07, 6.45) is 3.11. The van der Waals surface area contributed by atoms with Gasteiger partial charge in [-0.2, -0.15) is 0 Å². The molecule has 0 unspecified atom stereocenters. The molecule has 4 atom stereocenters. The number of piperidine rings is 1. The van der Waals surface area contributed by atoms with Crippen LogP contribution in [0.5, 0.6) is 0 Å². The van der Waals surface area contributed by atoms with E-state index in [-0.39, 0.29) is 12.1 Å². The Labute approximate surface area is 231 Å². The Bertz CT molecular complexity index is 1240. The summed E-state index contributed by atoms with van der Waals surface area (Å²) in [4.78, 5) is 12.8. The maximum absolute atomic E-state index is 6.95. The summed E-state index contributed by atoms with van der Waals surface area (Å²) >= 11 is 15.3. The third kappa shape index (κ3) is 4.67. The van der Waals surface area contributed by atoms with Gasteiger partial charge in [0.05, 0.1) is 28.5 Å². The number of aryl methyl sites for hydroxylation is 2. The molecule has 0 spiro atoms. The zero-order chi connectivity index (χ0) is 24.9. The lowest BCUT2D eigenvalue weighted by molar-refractivity contribution is 0.357. The molecule has 0 radical (unpaired) electrons. The van der Waals surface area contributed by atoms with E-state index >= 15 is 0 Å². The summed E-state index contributed by atoms with van der Waals surface area (Å²) in [5.41, 5.74) is 6.62. The number of nitrogens with one attached hydrogen (secondary N) is 2. The van der Waals surface area contributed by atoms with Gasteiger partial charge in [-0.1, -0.05) is 31.5 Å². The molecule has 5 nitrogen and oxygen atoms in total. The molecule has 2 saturated heterocycles. The van der Waals surface area contributed by atoms with Crippen molar-refractivity contribution in [1.82, 2.24) is 15.3 Å². The fraction of sp³-hybridized carbons (Fsp3) is 0.407. The molecular formula is C27H31ClIN5S. The van der Waals surface area contributed by atoms with Crippen LogP contribution in [0.15, 0.2) is 42.6 Å². The largest absolute Gasteiger partial charge is 0.370 e. The number of anilines is 2. The van der Waals surface area contributed by atoms with Crippen LogP contribution in [-0.4, -0.2) is 28.2 Å². The van der Waals surface area contributed by atoms with Crippen LogP contribution in [-0.2, 0) is 0 Å². The van der Waals surface area contributed by atoms with Crippen molar-refractivity contribution < 1.29 is 0 Å². The first-order valence-corrected chi connectivity index (χ1v) is 14.0. The number of hydrogen-bond donors (Lipinski definition) is 2. The van der Waals surface area contributed by atoms with Crippen LogP contribution in [0, 0.1) is 29.3 Å². The molecule has 0 amide bonds. The van der Waals surface area contributed by atoms with Crippen LogP contribution in [0.25, 0.3) is 0 Å². The molecule has 184 valence electrons. The number of rotatable bonds is 4. The molecule has 2 aliphatic heterocycles. The normalized spacial score (nSPS) is 24.7. The van der Waals surface area contributed by atoms with Gasteiger partial charge in [-0.05, 0) is 97.2 Å². The number of nitrogens with zero attached hydrogens (tertiary/aromatic N) is 3. The molecule has 3 aromatic rings. The van der Waals surface area contributed by atoms with Gasteiger partial charge in [-0.25, -0.2) is 0 Å². The van der Waals surface area contributed by atoms with E-state index in [0.717, 1.165) is 46.6 Å². The van der Waals surface area contributed by atoms with Crippen LogP contribution < -0.4 is 15.1 Å². The fourth-order valence-corrected chi connectivity index (χ4v) is 7.31. The van der Waals surface area contributed by atoms with Crippen LogP contribution in [0.3, 0.4) is 0 Å². The second kappa shape index (κ2) is 9.90. The minimum absolute atomic E-state index is 0.0498. The first-order valence-electron chi connectivity index (χ1n) is 12.1. The molecule has 4 heterocycles. The van der Waals surface area contributed by atoms with Gasteiger partial charge < -0.3 is 20.1 Å². The highest BCUT2D eigenvalue weighted by Gasteiger charge is 2.43. The molecule has 2 aromatic heterocycles. The highest BCUT2D eigenvalue weighted by molar-refractivity contribution is 14.1. The predicted octanol–water partition coefficient (Wildman–Crippen LogP) is 6.94. The van der Waals surface area contributed by atoms with Gasteiger partial charge in [-0.15, -0.1) is 0 Å². The van der Waals surface area contributed by atoms with E-state index < -0.39 is 0 Å². The Morgan fingerprint density at radius 3 is 2.43 bits per heavy atom. The van der Waals surface area contributed by atoms with Gasteiger partial charge in [0.2, 0.25) is 0 Å². The minimum atomic E-state index is -0.0756. The van der Waals surface area contributed by atoms with Gasteiger partial charge in [0.25, 0.3) is 0 Å². The van der Waals surface area contributed by atoms with Crippen molar-refractivity contribution in [2.75, 3.05) is 22.9 Å². The lowest BCUT2D eigenvalue weighted by Gasteiger charge is -2.37. The highest BCUT2D eigenvalue weighted by atomic mass is 127. The lowest BCUT2D eigenvalue weighted by Crippen LogP contribution is -2.38. The van der Waals surface area contributed by atoms with Crippen molar-refractivity contribution >= 4 is 62.9 Å². The van der Waals surface area contributed by atoms with E-state index in [1.807, 2.05) is 18.3 Å². The molecule has 8 heteroatoms. The molecule has 2 N–H and O–H groups in total. The van der Waals surface area contributed by atoms with Crippen molar-refractivity contribution in [2.24, 2.45) is 11.8 Å². The SMILES string of the molecule is Cc1[nH]c(C)c([C@@H]2[C@H](c3ccccn3)NC(=S)N2c2ccc(N3C[C@H](C)C[C@@H](C)C3)c(Cl)c2)c1I. The third-order valence-electron chi connectivity index (χ3n) is 7.16. The van der Waals surface area contributed by atoms with Gasteiger partial charge in [0.15, 0.2) is 5.11 Å². The predicted molar refractivity (Wildman–Crippen MR) is 158 cm³/mol. The number of aromatic nitrogens is 2. The summed E-state index contributed by atoms with van der Waals surface area (Å²) in [5, 5.41) is 5.02. The van der Waals surface area contributed by atoms with Gasteiger partial charge >= 0.3 is 0 Å². The highest BCUT2D eigenvalue weighted by Crippen LogP contribution is 2.46. The first kappa shape index (κ1) is 24.8. The molecule has 0 bridgehead atoms. The zero-order valence-corrected chi connectivity index (χ0v) is 24.2. The Morgan fingerprint density at radius 1 is 1.09 bits per heavy atom. The zero-order valence-electron chi connectivity index (χ0n) is 20.5. The molecule has 0 saturated carbocycles. The number of pyridine rings is 1. The van der Waals surface area contributed by atoms with Gasteiger partial charge in [-0.3, -0.25) is 4.98 Å². The van der Waals surface area contributed by atoms with E-state index in [1.165, 1.54) is 15.6 Å². The molecule has 35 heavy (non-hydrogen) atoms. The number of aromatic amines is 1. The van der Waals surface area contributed by atoms with Crippen LogP contribution >= 0.6 is 46.4 Å². The molecular weight excluding hydrogens is 589 g/mol. The summed E-state index contributed by atoms with van der Waals surface area (Å²) < 4.78 is 1.22. The average Bonchev–Trinajstić information content (AvgIpc) is 3.27. The summed E-state index contributed by atoms with van der Waals surface area (Å²) in [6.45, 7) is 11.0. The van der Waals surface area contributed by atoms with Crippen molar-refractivity contribution in [3.63, 3.8) is 0 Å². The standard InChI is InChI=1S/C27H31ClIN5S/c1-15-11-16(2)14-33(13-15)22-9-8-19(12-20(22)28)34-26(23-17(3)31-18(4)24(23)29)25(32-27(34)35)21-7-5-6-10-30-21/h5-10,12,15-16,25-26,31H,11,13-14H2,1-4H3,(H,32,35)/t15-,16-,25+,26-/m1/s1. The summed E-state index contributed by atoms with van der Waals surface area (Å²) in [6, 6.07) is 12.3. The van der Waals surface area contributed by atoms with Crippen molar-refractivity contribution in [3.8, 4) is 0 Å². The number of thiocarbonyl (C=S) groups is 1. The minimum Gasteiger partial charge on any atom is -0.370 e. The lowest BCUT2D eigenvalue weighted by atomic mass is 9.91. The van der Waals surface area contributed by atoms with Gasteiger partial charge in [0.1, 0.15) is 0 Å². The van der Waals surface area contributed by atoms with Crippen LogP contribution in [0.2, 0.25) is 5.02 Å². The molecule has 0 aliphatic carbocycles. The Kier molecular flexibility index (Phi) is 7.03. The molecule has 1 aromatic carbocycles. The number of H-pyrrole nitrogens is 1. The summed E-state index contributed by atoms with van der Waals surface area (Å²) in [5.74, 6) is 1.32. The monoisotopic (exact) mass is 619 g/mol. The Hall–Kier alpha value is -1.84. The van der Waals surface area contributed by atoms with E-state index in [9.17, 15) is 0 Å². The topological polar surface area (TPSA) is 47.2 Å². The van der Waals surface area contributed by atoms with Crippen LogP contribution in [0.4, 0.5) is 11.4 Å². The van der Waals surface area contributed by atoms with Crippen LogP contribution in [0.1, 0.15) is 55.0 Å². The van der Waals surface area contributed by atoms with E-state index in [2.05, 4.69) is 99.6 Å².